The Labute approximate surface area is 152 Å². The molecule has 0 aliphatic rings. The number of para-hydroxylation sites is 1. The Bertz CT molecular complexity index is 898. The first-order chi connectivity index (χ1) is 12.5. The number of hydrogen-bond donors (Lipinski definition) is 1. The number of rotatable bonds is 7. The highest BCUT2D eigenvalue weighted by molar-refractivity contribution is 7.99. The predicted molar refractivity (Wildman–Crippen MR) is 90.3 cm³/mol. The molecule has 1 atom stereocenters. The van der Waals surface area contributed by atoms with Crippen LogP contribution in [0.25, 0.3) is 0 Å². The predicted octanol–water partition coefficient (Wildman–Crippen LogP) is 3.38. The van der Waals surface area contributed by atoms with Gasteiger partial charge in [0.05, 0.1) is 5.75 Å². The Morgan fingerprint density at radius 2 is 2.19 bits per heavy atom. The van der Waals surface area contributed by atoms with Gasteiger partial charge in [-0.25, -0.2) is 4.39 Å². The Hall–Kier alpha value is -2.88. The maximum Gasteiger partial charge on any atom is 0.277 e. The first-order valence-electron chi connectivity index (χ1n) is 7.62. The van der Waals surface area contributed by atoms with Crippen molar-refractivity contribution in [3.8, 4) is 5.75 Å². The molecular weight excluding hydrogens is 363 g/mol. The van der Waals surface area contributed by atoms with Gasteiger partial charge in [0.15, 0.2) is 23.5 Å². The molecular formula is C16H15FN4O4S. The van der Waals surface area contributed by atoms with Crippen LogP contribution in [0.2, 0.25) is 0 Å². The molecule has 10 heteroatoms. The van der Waals surface area contributed by atoms with E-state index in [0.29, 0.717) is 11.6 Å². The van der Waals surface area contributed by atoms with Crippen molar-refractivity contribution in [3.63, 3.8) is 0 Å². The number of halogens is 1. The molecule has 1 aromatic carbocycles. The van der Waals surface area contributed by atoms with E-state index in [4.69, 9.17) is 13.7 Å². The first-order valence-corrected chi connectivity index (χ1v) is 8.60. The number of benzene rings is 1. The summed E-state index contributed by atoms with van der Waals surface area (Å²) in [5, 5.41) is 14.2. The lowest BCUT2D eigenvalue weighted by Gasteiger charge is -2.11. The van der Waals surface area contributed by atoms with E-state index in [1.807, 2.05) is 0 Å². The SMILES string of the molecule is Cc1cc(NC(=O)CSc2nnc([C@@H](C)Oc3ccccc3F)o2)no1. The Kier molecular flexibility index (Phi) is 5.52. The van der Waals surface area contributed by atoms with Crippen LogP contribution in [0.15, 0.2) is 44.5 Å². The van der Waals surface area contributed by atoms with E-state index in [0.717, 1.165) is 11.8 Å². The topological polar surface area (TPSA) is 103 Å². The van der Waals surface area contributed by atoms with Gasteiger partial charge in [0.2, 0.25) is 5.91 Å². The number of aromatic nitrogens is 3. The van der Waals surface area contributed by atoms with Gasteiger partial charge >= 0.3 is 0 Å². The van der Waals surface area contributed by atoms with E-state index < -0.39 is 11.9 Å². The first kappa shape index (κ1) is 17.9. The second-order valence-electron chi connectivity index (χ2n) is 5.26. The smallest absolute Gasteiger partial charge is 0.277 e. The summed E-state index contributed by atoms with van der Waals surface area (Å²) < 4.78 is 29.4. The highest BCUT2D eigenvalue weighted by atomic mass is 32.2. The van der Waals surface area contributed by atoms with Gasteiger partial charge in [-0.1, -0.05) is 29.1 Å². The molecule has 2 aromatic heterocycles. The lowest BCUT2D eigenvalue weighted by molar-refractivity contribution is -0.113. The van der Waals surface area contributed by atoms with Crippen molar-refractivity contribution >= 4 is 23.5 Å². The van der Waals surface area contributed by atoms with Crippen LogP contribution < -0.4 is 10.1 Å². The van der Waals surface area contributed by atoms with E-state index >= 15 is 0 Å². The average molecular weight is 378 g/mol. The molecule has 0 saturated carbocycles. The molecule has 136 valence electrons. The van der Waals surface area contributed by atoms with Crippen LogP contribution in [-0.4, -0.2) is 27.0 Å². The number of ether oxygens (including phenoxy) is 1. The molecule has 0 fully saturated rings. The zero-order chi connectivity index (χ0) is 18.5. The fraction of sp³-hybridized carbons (Fsp3) is 0.250. The fourth-order valence-corrected chi connectivity index (χ4v) is 2.53. The zero-order valence-electron chi connectivity index (χ0n) is 13.9. The zero-order valence-corrected chi connectivity index (χ0v) is 14.7. The van der Waals surface area contributed by atoms with E-state index in [-0.39, 0.29) is 28.5 Å². The Morgan fingerprint density at radius 3 is 2.92 bits per heavy atom. The second-order valence-corrected chi connectivity index (χ2v) is 6.18. The van der Waals surface area contributed by atoms with Crippen LogP contribution in [-0.2, 0) is 4.79 Å². The van der Waals surface area contributed by atoms with Crippen molar-refractivity contribution in [3.05, 3.63) is 47.8 Å². The fourth-order valence-electron chi connectivity index (χ4n) is 1.96. The number of thioether (sulfide) groups is 1. The minimum absolute atomic E-state index is 0.0517. The van der Waals surface area contributed by atoms with Crippen molar-refractivity contribution in [2.24, 2.45) is 0 Å². The molecule has 0 saturated heterocycles. The average Bonchev–Trinajstić information content (AvgIpc) is 3.24. The molecule has 8 nitrogen and oxygen atoms in total. The van der Waals surface area contributed by atoms with Gasteiger partial charge in [0.1, 0.15) is 5.76 Å². The normalized spacial score (nSPS) is 12.0. The van der Waals surface area contributed by atoms with Crippen molar-refractivity contribution in [2.75, 3.05) is 11.1 Å². The molecule has 0 bridgehead atoms. The van der Waals surface area contributed by atoms with Crippen LogP contribution in [0.1, 0.15) is 24.7 Å². The van der Waals surface area contributed by atoms with Crippen LogP contribution >= 0.6 is 11.8 Å². The second kappa shape index (κ2) is 8.00. The molecule has 0 aliphatic carbocycles. The Morgan fingerprint density at radius 1 is 1.38 bits per heavy atom. The lowest BCUT2D eigenvalue weighted by Crippen LogP contribution is -2.14. The van der Waals surface area contributed by atoms with Gasteiger partial charge in [0.25, 0.3) is 11.1 Å². The maximum absolute atomic E-state index is 13.6. The monoisotopic (exact) mass is 378 g/mol. The number of amides is 1. The number of hydrogen-bond acceptors (Lipinski definition) is 8. The van der Waals surface area contributed by atoms with E-state index in [9.17, 15) is 9.18 Å². The van der Waals surface area contributed by atoms with Crippen molar-refractivity contribution < 1.29 is 22.9 Å². The number of carbonyl (C=O) groups excluding carboxylic acids is 1. The van der Waals surface area contributed by atoms with Gasteiger partial charge in [-0.05, 0) is 26.0 Å². The molecule has 1 N–H and O–H groups in total. The van der Waals surface area contributed by atoms with Crippen LogP contribution in [0, 0.1) is 12.7 Å². The van der Waals surface area contributed by atoms with Gasteiger partial charge in [-0.2, -0.15) is 0 Å². The number of carbonyl (C=O) groups is 1. The van der Waals surface area contributed by atoms with Gasteiger partial charge in [-0.15, -0.1) is 10.2 Å². The molecule has 0 aliphatic heterocycles. The highest BCUT2D eigenvalue weighted by Crippen LogP contribution is 2.25. The molecule has 2 heterocycles. The summed E-state index contributed by atoms with van der Waals surface area (Å²) in [4.78, 5) is 11.8. The lowest BCUT2D eigenvalue weighted by atomic mass is 10.3. The van der Waals surface area contributed by atoms with Gasteiger partial charge < -0.3 is 19.0 Å². The molecule has 3 rings (SSSR count). The van der Waals surface area contributed by atoms with Crippen LogP contribution in [0.4, 0.5) is 10.2 Å². The summed E-state index contributed by atoms with van der Waals surface area (Å²) in [7, 11) is 0. The maximum atomic E-state index is 13.6. The third-order valence-corrected chi connectivity index (χ3v) is 3.95. The van der Waals surface area contributed by atoms with E-state index in [2.05, 4.69) is 20.7 Å². The van der Waals surface area contributed by atoms with Gasteiger partial charge in [-0.3, -0.25) is 4.79 Å². The number of nitrogens with zero attached hydrogens (tertiary/aromatic N) is 3. The molecule has 26 heavy (non-hydrogen) atoms. The minimum atomic E-state index is -0.638. The quantitative estimate of drug-likeness (QED) is 0.624. The third-order valence-electron chi connectivity index (χ3n) is 3.13. The summed E-state index contributed by atoms with van der Waals surface area (Å²) in [5.41, 5.74) is 0. The number of aryl methyl sites for hydroxylation is 1. The summed E-state index contributed by atoms with van der Waals surface area (Å²) in [6.07, 6.45) is -0.638. The largest absolute Gasteiger partial charge is 0.478 e. The van der Waals surface area contributed by atoms with Crippen LogP contribution in [0.5, 0.6) is 5.75 Å². The van der Waals surface area contributed by atoms with E-state index in [1.54, 1.807) is 32.0 Å². The number of anilines is 1. The third kappa shape index (κ3) is 4.60. The molecule has 0 spiro atoms. The minimum Gasteiger partial charge on any atom is -0.478 e. The summed E-state index contributed by atoms with van der Waals surface area (Å²) in [6.45, 7) is 3.38. The van der Waals surface area contributed by atoms with Crippen LogP contribution in [0.3, 0.4) is 0 Å². The summed E-state index contributed by atoms with van der Waals surface area (Å²) in [6, 6.07) is 7.64. The highest BCUT2D eigenvalue weighted by Gasteiger charge is 2.18. The molecule has 3 aromatic rings. The Balaban J connectivity index is 1.52. The summed E-state index contributed by atoms with van der Waals surface area (Å²) in [5.74, 6) is 0.491. The number of nitrogens with one attached hydrogen (secondary N) is 1. The summed E-state index contributed by atoms with van der Waals surface area (Å²) >= 11 is 1.06. The van der Waals surface area contributed by atoms with Gasteiger partial charge in [0, 0.05) is 6.07 Å². The molecule has 1 amide bonds. The molecule has 0 unspecified atom stereocenters. The van der Waals surface area contributed by atoms with E-state index in [1.165, 1.54) is 12.1 Å². The van der Waals surface area contributed by atoms with Crippen molar-refractivity contribution in [2.45, 2.75) is 25.2 Å². The van der Waals surface area contributed by atoms with Crippen molar-refractivity contribution in [1.82, 2.24) is 15.4 Å². The van der Waals surface area contributed by atoms with Crippen molar-refractivity contribution in [1.29, 1.82) is 0 Å². The standard InChI is InChI=1S/C16H15FN4O4S/c1-9-7-13(21-25-9)18-14(22)8-26-16-20-19-15(24-16)10(2)23-12-6-4-3-5-11(12)17/h3-7,10H,8H2,1-2H3,(H,18,21,22)/t10-/m1/s1. The molecule has 0 radical (unpaired) electrons.